The van der Waals surface area contributed by atoms with Crippen molar-refractivity contribution in [1.29, 1.82) is 0 Å². The van der Waals surface area contributed by atoms with E-state index in [1.165, 1.54) is 11.1 Å². The topological polar surface area (TPSA) is 88.0 Å². The van der Waals surface area contributed by atoms with Crippen LogP contribution in [0.15, 0.2) is 24.4 Å². The van der Waals surface area contributed by atoms with Gasteiger partial charge >= 0.3 is 0 Å². The van der Waals surface area contributed by atoms with Crippen LogP contribution >= 0.6 is 0 Å². The van der Waals surface area contributed by atoms with Crippen LogP contribution in [-0.4, -0.2) is 62.8 Å². The number of aryl methyl sites for hydroxylation is 1. The van der Waals surface area contributed by atoms with Gasteiger partial charge in [-0.2, -0.15) is 10.2 Å². The Morgan fingerprint density at radius 3 is 2.54 bits per heavy atom. The van der Waals surface area contributed by atoms with Gasteiger partial charge < -0.3 is 14.5 Å². The summed E-state index contributed by atoms with van der Waals surface area (Å²) in [7, 11) is 3.89. The van der Waals surface area contributed by atoms with Crippen molar-refractivity contribution in [2.24, 2.45) is 12.5 Å². The molecule has 1 saturated heterocycles. The first-order valence-electron chi connectivity index (χ1n) is 15.0. The molecule has 0 aliphatic carbocycles. The van der Waals surface area contributed by atoms with Gasteiger partial charge in [-0.3, -0.25) is 9.78 Å². The lowest BCUT2D eigenvalue weighted by molar-refractivity contribution is -0.00647. The lowest BCUT2D eigenvalue weighted by Gasteiger charge is -2.45. The second-order valence-corrected chi connectivity index (χ2v) is 13.1. The highest BCUT2D eigenvalue weighted by molar-refractivity contribution is 5.95. The minimum atomic E-state index is 0.00121. The van der Waals surface area contributed by atoms with E-state index >= 15 is 0 Å². The first kappa shape index (κ1) is 27.7. The predicted molar refractivity (Wildman–Crippen MR) is 165 cm³/mol. The number of H-pyrrole nitrogens is 1. The minimum absolute atomic E-state index is 0.00121. The zero-order chi connectivity index (χ0) is 29.1. The molecule has 0 bridgehead atoms. The molecule has 4 aromatic rings. The Kier molecular flexibility index (Phi) is 7.04. The van der Waals surface area contributed by atoms with Crippen LogP contribution in [0.5, 0.6) is 0 Å². The molecule has 1 N–H and O–H groups in total. The molecule has 9 heteroatoms. The molecule has 0 spiro atoms. The molecule has 1 aromatic carbocycles. The molecule has 1 atom stereocenters. The lowest BCUT2D eigenvalue weighted by atomic mass is 9.81. The van der Waals surface area contributed by atoms with E-state index < -0.39 is 0 Å². The van der Waals surface area contributed by atoms with E-state index in [0.29, 0.717) is 11.8 Å². The number of fused-ring (bicyclic) bond motifs is 2. The fraction of sp³-hybridized carbons (Fsp3) is 0.562. The molecular formula is C32H44N8O. The van der Waals surface area contributed by atoms with Gasteiger partial charge in [-0.1, -0.05) is 47.6 Å². The van der Waals surface area contributed by atoms with Gasteiger partial charge in [0.15, 0.2) is 5.82 Å². The summed E-state index contributed by atoms with van der Waals surface area (Å²) in [6.07, 6.45) is 3.97. The van der Waals surface area contributed by atoms with E-state index in [9.17, 15) is 0 Å². The molecule has 5 heterocycles. The number of nitrogens with one attached hydrogen (secondary N) is 1. The molecule has 0 unspecified atom stereocenters. The van der Waals surface area contributed by atoms with Crippen LogP contribution in [0.25, 0.3) is 22.3 Å². The van der Waals surface area contributed by atoms with Gasteiger partial charge in [-0.05, 0) is 29.9 Å². The number of aromatic nitrogens is 6. The maximum Gasteiger partial charge on any atom is 0.162 e. The van der Waals surface area contributed by atoms with E-state index in [2.05, 4.69) is 79.7 Å². The zero-order valence-electron chi connectivity index (χ0n) is 25.8. The van der Waals surface area contributed by atoms with Crippen molar-refractivity contribution in [3.8, 4) is 11.4 Å². The number of nitrogens with zero attached hydrogens (tertiary/aromatic N) is 7. The van der Waals surface area contributed by atoms with Crippen LogP contribution in [0.1, 0.15) is 82.3 Å². The molecular weight excluding hydrogens is 512 g/mol. The van der Waals surface area contributed by atoms with E-state index in [1.807, 2.05) is 25.0 Å². The Balaban J connectivity index is 1.49. The molecule has 9 nitrogen and oxygen atoms in total. The highest BCUT2D eigenvalue weighted by atomic mass is 16.5. The smallest absolute Gasteiger partial charge is 0.162 e. The van der Waals surface area contributed by atoms with Gasteiger partial charge in [0, 0.05) is 74.8 Å². The second kappa shape index (κ2) is 10.4. The molecule has 41 heavy (non-hydrogen) atoms. The molecule has 2 aliphatic heterocycles. The van der Waals surface area contributed by atoms with Crippen molar-refractivity contribution >= 4 is 22.5 Å². The monoisotopic (exact) mass is 556 g/mol. The summed E-state index contributed by atoms with van der Waals surface area (Å²) >= 11 is 0. The molecule has 0 saturated carbocycles. The fourth-order valence-corrected chi connectivity index (χ4v) is 6.74. The number of rotatable bonds is 6. The second-order valence-electron chi connectivity index (χ2n) is 13.1. The van der Waals surface area contributed by atoms with Crippen molar-refractivity contribution in [2.45, 2.75) is 78.9 Å². The minimum Gasteiger partial charge on any atom is -0.381 e. The quantitative estimate of drug-likeness (QED) is 0.320. The molecule has 0 amide bonds. The third-order valence-electron chi connectivity index (χ3n) is 9.05. The number of ether oxygens (including phenoxy) is 1. The average Bonchev–Trinajstić information content (AvgIpc) is 3.57. The zero-order valence-corrected chi connectivity index (χ0v) is 25.8. The number of piperidine rings is 1. The molecule has 6 rings (SSSR count). The van der Waals surface area contributed by atoms with Gasteiger partial charge in [0.25, 0.3) is 0 Å². The van der Waals surface area contributed by atoms with Crippen LogP contribution in [-0.2, 0) is 24.8 Å². The number of benzene rings is 1. The average molecular weight is 557 g/mol. The highest BCUT2D eigenvalue weighted by Crippen LogP contribution is 2.40. The van der Waals surface area contributed by atoms with Crippen LogP contribution in [0.2, 0.25) is 0 Å². The fourth-order valence-electron chi connectivity index (χ4n) is 6.74. The first-order valence-corrected chi connectivity index (χ1v) is 15.0. The summed E-state index contributed by atoms with van der Waals surface area (Å²) in [5.74, 6) is 3.73. The molecule has 1 fully saturated rings. The number of aromatic amines is 1. The van der Waals surface area contributed by atoms with Crippen molar-refractivity contribution in [3.05, 3.63) is 46.9 Å². The molecule has 3 aromatic heterocycles. The predicted octanol–water partition coefficient (Wildman–Crippen LogP) is 5.81. The van der Waals surface area contributed by atoms with Gasteiger partial charge in [-0.25, -0.2) is 9.97 Å². The van der Waals surface area contributed by atoms with E-state index in [1.54, 1.807) is 0 Å². The molecule has 0 radical (unpaired) electrons. The highest BCUT2D eigenvalue weighted by Gasteiger charge is 2.38. The normalized spacial score (nSPS) is 19.0. The van der Waals surface area contributed by atoms with Crippen molar-refractivity contribution < 1.29 is 4.74 Å². The van der Waals surface area contributed by atoms with Gasteiger partial charge in [-0.15, -0.1) is 0 Å². The number of hydrogen-bond donors (Lipinski definition) is 1. The summed E-state index contributed by atoms with van der Waals surface area (Å²) in [5, 5.41) is 13.4. The van der Waals surface area contributed by atoms with Crippen molar-refractivity contribution in [1.82, 2.24) is 29.9 Å². The number of methoxy groups -OCH3 is 1. The maximum atomic E-state index is 5.90. The Labute approximate surface area is 243 Å². The summed E-state index contributed by atoms with van der Waals surface area (Å²) < 4.78 is 7.92. The standard InChI is InChI=1S/C32H44N8O/c1-19(2)21-9-10-25-22(16-33-36-25)29(21)30-34-24-11-13-39(28-15-26(20(3)4)37-38(28)7)17-23(24)31(35-30)40-14-12-27(41-8)32(5,6)18-40/h9-10,15-16,19-20,27H,11-14,17-18H2,1-8H3,(H,33,36)/t27-/m0/s1. The summed E-state index contributed by atoms with van der Waals surface area (Å²) in [4.78, 5) is 15.7. The molecule has 218 valence electrons. The summed E-state index contributed by atoms with van der Waals surface area (Å²) in [5.41, 5.74) is 6.85. The van der Waals surface area contributed by atoms with Gasteiger partial charge in [0.1, 0.15) is 11.6 Å². The maximum absolute atomic E-state index is 5.90. The van der Waals surface area contributed by atoms with Crippen LogP contribution in [0, 0.1) is 5.41 Å². The van der Waals surface area contributed by atoms with Gasteiger partial charge in [0.05, 0.1) is 29.2 Å². The Hall–Kier alpha value is -3.46. The van der Waals surface area contributed by atoms with Crippen LogP contribution in [0.3, 0.4) is 0 Å². The van der Waals surface area contributed by atoms with Crippen LogP contribution in [0.4, 0.5) is 11.6 Å². The van der Waals surface area contributed by atoms with Gasteiger partial charge in [0.2, 0.25) is 0 Å². The van der Waals surface area contributed by atoms with Crippen molar-refractivity contribution in [3.63, 3.8) is 0 Å². The Morgan fingerprint density at radius 2 is 1.85 bits per heavy atom. The van der Waals surface area contributed by atoms with E-state index in [4.69, 9.17) is 19.8 Å². The third kappa shape index (κ3) is 4.88. The van der Waals surface area contributed by atoms with E-state index in [0.717, 1.165) is 84.3 Å². The first-order chi connectivity index (χ1) is 19.6. The SMILES string of the molecule is CO[C@H]1CCN(c2nc(-c3c(C(C)C)ccc4[nH]ncc34)nc3c2CN(c2cc(C(C)C)nn2C)CC3)CC1(C)C. The van der Waals surface area contributed by atoms with E-state index in [-0.39, 0.29) is 11.5 Å². The largest absolute Gasteiger partial charge is 0.381 e. The number of anilines is 2. The summed E-state index contributed by atoms with van der Waals surface area (Å²) in [6, 6.07) is 6.56. The summed E-state index contributed by atoms with van der Waals surface area (Å²) in [6.45, 7) is 16.9. The molecule has 2 aliphatic rings. The Morgan fingerprint density at radius 1 is 1.05 bits per heavy atom. The van der Waals surface area contributed by atoms with Crippen LogP contribution < -0.4 is 9.80 Å². The third-order valence-corrected chi connectivity index (χ3v) is 9.05. The number of hydrogen-bond acceptors (Lipinski definition) is 7. The Bertz CT molecular complexity index is 1570. The lowest BCUT2D eigenvalue weighted by Crippen LogP contribution is -2.50. The van der Waals surface area contributed by atoms with Crippen molar-refractivity contribution in [2.75, 3.05) is 36.5 Å².